The van der Waals surface area contributed by atoms with Crippen LogP contribution in [0, 0.1) is 11.3 Å². The van der Waals surface area contributed by atoms with Gasteiger partial charge in [-0.25, -0.2) is 15.0 Å². The summed E-state index contributed by atoms with van der Waals surface area (Å²) in [5.41, 5.74) is 1.98. The van der Waals surface area contributed by atoms with Gasteiger partial charge in [0.25, 0.3) is 5.91 Å². The van der Waals surface area contributed by atoms with E-state index in [1.165, 1.54) is 6.33 Å². The highest BCUT2D eigenvalue weighted by molar-refractivity contribution is 6.36. The van der Waals surface area contributed by atoms with Gasteiger partial charge in [-0.15, -0.1) is 0 Å². The fourth-order valence-electron chi connectivity index (χ4n) is 4.02. The minimum absolute atomic E-state index is 0.174. The van der Waals surface area contributed by atoms with Gasteiger partial charge in [-0.3, -0.25) is 4.79 Å². The molecule has 1 atom stereocenters. The van der Waals surface area contributed by atoms with Gasteiger partial charge in [-0.1, -0.05) is 23.7 Å². The SMILES string of the molecule is CC(Nc1ncnc2[nH]cc(C#N)c12)c1cc2cccc(Cl)c2c(C(=O)N2CCOCC2)n1. The van der Waals surface area contributed by atoms with E-state index in [0.29, 0.717) is 70.5 Å². The highest BCUT2D eigenvalue weighted by Crippen LogP contribution is 2.31. The number of rotatable bonds is 4. The molecular formula is C23H20ClN7O2. The average molecular weight is 462 g/mol. The summed E-state index contributed by atoms with van der Waals surface area (Å²) < 4.78 is 5.38. The van der Waals surface area contributed by atoms with Crippen LogP contribution in [0.25, 0.3) is 21.8 Å². The second kappa shape index (κ2) is 8.65. The summed E-state index contributed by atoms with van der Waals surface area (Å²) in [6.07, 6.45) is 3.03. The number of aromatic nitrogens is 4. The van der Waals surface area contributed by atoms with Crippen molar-refractivity contribution in [2.45, 2.75) is 13.0 Å². The Balaban J connectivity index is 1.57. The maximum absolute atomic E-state index is 13.4. The first kappa shape index (κ1) is 21.1. The minimum Gasteiger partial charge on any atom is -0.378 e. The third kappa shape index (κ3) is 3.84. The van der Waals surface area contributed by atoms with E-state index >= 15 is 0 Å². The first-order valence-electron chi connectivity index (χ1n) is 10.5. The summed E-state index contributed by atoms with van der Waals surface area (Å²) in [5, 5.41) is 15.3. The topological polar surface area (TPSA) is 120 Å². The molecule has 0 spiro atoms. The first-order chi connectivity index (χ1) is 16.1. The number of anilines is 1. The van der Waals surface area contributed by atoms with E-state index in [4.69, 9.17) is 21.3 Å². The van der Waals surface area contributed by atoms with Crippen molar-refractivity contribution in [2.75, 3.05) is 31.6 Å². The van der Waals surface area contributed by atoms with Crippen LogP contribution in [0.2, 0.25) is 5.02 Å². The molecule has 2 N–H and O–H groups in total. The number of nitriles is 1. The lowest BCUT2D eigenvalue weighted by atomic mass is 10.0. The fourth-order valence-corrected chi connectivity index (χ4v) is 4.29. The number of amides is 1. The number of ether oxygens (including phenoxy) is 1. The van der Waals surface area contributed by atoms with Crippen LogP contribution in [-0.4, -0.2) is 57.0 Å². The van der Waals surface area contributed by atoms with Gasteiger partial charge >= 0.3 is 0 Å². The Morgan fingerprint density at radius 1 is 1.30 bits per heavy atom. The monoisotopic (exact) mass is 461 g/mol. The lowest BCUT2D eigenvalue weighted by Crippen LogP contribution is -2.41. The molecule has 0 aliphatic carbocycles. The molecule has 166 valence electrons. The third-order valence-electron chi connectivity index (χ3n) is 5.71. The van der Waals surface area contributed by atoms with Gasteiger partial charge in [0, 0.05) is 24.7 Å². The summed E-state index contributed by atoms with van der Waals surface area (Å²) in [6, 6.07) is 9.27. The average Bonchev–Trinajstić information content (AvgIpc) is 3.28. The molecule has 4 aromatic rings. The summed E-state index contributed by atoms with van der Waals surface area (Å²) >= 11 is 6.49. The quantitative estimate of drug-likeness (QED) is 0.475. The molecule has 0 saturated carbocycles. The van der Waals surface area contributed by atoms with Crippen LogP contribution < -0.4 is 5.32 Å². The number of morpholine rings is 1. The normalized spacial score (nSPS) is 14.9. The van der Waals surface area contributed by atoms with E-state index < -0.39 is 0 Å². The highest BCUT2D eigenvalue weighted by atomic mass is 35.5. The van der Waals surface area contributed by atoms with Gasteiger partial charge in [0.05, 0.1) is 40.9 Å². The number of carbonyl (C=O) groups is 1. The number of nitrogens with zero attached hydrogens (tertiary/aromatic N) is 5. The van der Waals surface area contributed by atoms with Crippen molar-refractivity contribution < 1.29 is 9.53 Å². The van der Waals surface area contributed by atoms with Crippen molar-refractivity contribution >= 4 is 45.1 Å². The molecule has 5 rings (SSSR count). The number of aromatic amines is 1. The zero-order valence-electron chi connectivity index (χ0n) is 17.8. The molecular weight excluding hydrogens is 442 g/mol. The number of benzene rings is 1. The molecule has 4 heterocycles. The minimum atomic E-state index is -0.316. The highest BCUT2D eigenvalue weighted by Gasteiger charge is 2.25. The standard InChI is InChI=1S/C23H20ClN7O2/c1-13(29-22-19-15(10-25)11-26-21(19)27-12-28-22)17-9-14-3-2-4-16(24)18(14)20(30-17)23(32)31-5-7-33-8-6-31/h2-4,9,11-13H,5-8H2,1H3,(H2,26,27,28,29). The maximum atomic E-state index is 13.4. The van der Waals surface area contributed by atoms with Crippen LogP contribution >= 0.6 is 11.6 Å². The number of halogens is 1. The molecule has 1 aliphatic heterocycles. The molecule has 1 aromatic carbocycles. The number of hydrogen-bond donors (Lipinski definition) is 2. The molecule has 10 heteroatoms. The molecule has 1 aliphatic rings. The van der Waals surface area contributed by atoms with Gasteiger partial charge in [0.1, 0.15) is 29.6 Å². The van der Waals surface area contributed by atoms with Crippen LogP contribution in [0.3, 0.4) is 0 Å². The van der Waals surface area contributed by atoms with Crippen molar-refractivity contribution in [1.82, 2.24) is 24.8 Å². The van der Waals surface area contributed by atoms with E-state index in [0.717, 1.165) is 5.39 Å². The largest absolute Gasteiger partial charge is 0.378 e. The van der Waals surface area contributed by atoms with Crippen LogP contribution in [-0.2, 0) is 4.74 Å². The summed E-state index contributed by atoms with van der Waals surface area (Å²) in [7, 11) is 0. The molecule has 1 saturated heterocycles. The lowest BCUT2D eigenvalue weighted by molar-refractivity contribution is 0.0300. The summed E-state index contributed by atoms with van der Waals surface area (Å²) in [5.74, 6) is 0.339. The van der Waals surface area contributed by atoms with Crippen LogP contribution in [0.15, 0.2) is 36.8 Å². The molecule has 1 unspecified atom stereocenters. The molecule has 33 heavy (non-hydrogen) atoms. The maximum Gasteiger partial charge on any atom is 0.273 e. The smallest absolute Gasteiger partial charge is 0.273 e. The van der Waals surface area contributed by atoms with Gasteiger partial charge in [0.2, 0.25) is 0 Å². The fraction of sp³-hybridized carbons (Fsp3) is 0.261. The van der Waals surface area contributed by atoms with Gasteiger partial charge in [-0.2, -0.15) is 5.26 Å². The molecule has 0 radical (unpaired) electrons. The van der Waals surface area contributed by atoms with Crippen molar-refractivity contribution in [1.29, 1.82) is 5.26 Å². The Bertz CT molecular complexity index is 1410. The number of pyridine rings is 1. The predicted molar refractivity (Wildman–Crippen MR) is 124 cm³/mol. The number of H-pyrrole nitrogens is 1. The zero-order valence-corrected chi connectivity index (χ0v) is 18.6. The predicted octanol–water partition coefficient (Wildman–Crippen LogP) is 3.68. The van der Waals surface area contributed by atoms with E-state index in [9.17, 15) is 10.1 Å². The molecule has 1 fully saturated rings. The van der Waals surface area contributed by atoms with E-state index in [-0.39, 0.29) is 11.9 Å². The van der Waals surface area contributed by atoms with Crippen molar-refractivity contribution in [3.8, 4) is 6.07 Å². The second-order valence-electron chi connectivity index (χ2n) is 7.76. The summed E-state index contributed by atoms with van der Waals surface area (Å²) in [6.45, 7) is 3.93. The number of fused-ring (bicyclic) bond motifs is 2. The Morgan fingerprint density at radius 2 is 2.12 bits per heavy atom. The van der Waals surface area contributed by atoms with Crippen LogP contribution in [0.5, 0.6) is 0 Å². The Morgan fingerprint density at radius 3 is 2.91 bits per heavy atom. The second-order valence-corrected chi connectivity index (χ2v) is 8.17. The van der Waals surface area contributed by atoms with Crippen molar-refractivity contribution in [3.05, 3.63) is 58.8 Å². The Labute approximate surface area is 194 Å². The van der Waals surface area contributed by atoms with Gasteiger partial charge < -0.3 is 19.9 Å². The van der Waals surface area contributed by atoms with Crippen LogP contribution in [0.4, 0.5) is 5.82 Å². The van der Waals surface area contributed by atoms with Crippen molar-refractivity contribution in [3.63, 3.8) is 0 Å². The Hall–Kier alpha value is -3.74. The van der Waals surface area contributed by atoms with Gasteiger partial charge in [0.15, 0.2) is 0 Å². The number of nitrogens with one attached hydrogen (secondary N) is 2. The van der Waals surface area contributed by atoms with E-state index in [2.05, 4.69) is 26.3 Å². The van der Waals surface area contributed by atoms with Crippen LogP contribution in [0.1, 0.15) is 34.7 Å². The van der Waals surface area contributed by atoms with Gasteiger partial charge in [-0.05, 0) is 24.4 Å². The summed E-state index contributed by atoms with van der Waals surface area (Å²) in [4.78, 5) is 31.4. The van der Waals surface area contributed by atoms with E-state index in [1.807, 2.05) is 25.1 Å². The lowest BCUT2D eigenvalue weighted by Gasteiger charge is -2.27. The number of carbonyl (C=O) groups excluding carboxylic acids is 1. The first-order valence-corrected chi connectivity index (χ1v) is 10.9. The van der Waals surface area contributed by atoms with E-state index in [1.54, 1.807) is 17.2 Å². The van der Waals surface area contributed by atoms with Crippen molar-refractivity contribution in [2.24, 2.45) is 0 Å². The number of hydrogen-bond acceptors (Lipinski definition) is 7. The Kier molecular flexibility index (Phi) is 5.54. The molecule has 9 nitrogen and oxygen atoms in total. The molecule has 1 amide bonds. The molecule has 3 aromatic heterocycles. The molecule has 0 bridgehead atoms. The zero-order chi connectivity index (χ0) is 22.9. The third-order valence-corrected chi connectivity index (χ3v) is 6.03.